The van der Waals surface area contributed by atoms with Crippen LogP contribution >= 0.6 is 11.6 Å². The van der Waals surface area contributed by atoms with E-state index < -0.39 is 0 Å². The van der Waals surface area contributed by atoms with Gasteiger partial charge >= 0.3 is 0 Å². The fourth-order valence-electron chi connectivity index (χ4n) is 1.25. The quantitative estimate of drug-likeness (QED) is 0.599. The average Bonchev–Trinajstić information content (AvgIpc) is 2.19. The van der Waals surface area contributed by atoms with E-state index in [1.165, 1.54) is 0 Å². The molecule has 0 saturated carbocycles. The van der Waals surface area contributed by atoms with Crippen LogP contribution in [0.1, 0.15) is 18.5 Å². The van der Waals surface area contributed by atoms with Crippen LogP contribution in [0, 0.1) is 0 Å². The molecule has 0 aliphatic heterocycles. The van der Waals surface area contributed by atoms with E-state index in [1.54, 1.807) is 7.11 Å². The van der Waals surface area contributed by atoms with Gasteiger partial charge in [0.1, 0.15) is 5.75 Å². The largest absolute Gasteiger partial charge is 0.497 e. The number of halogens is 1. The molecule has 2 N–H and O–H groups in total. The first kappa shape index (κ1) is 11.3. The second-order valence-electron chi connectivity index (χ2n) is 3.06. The molecule has 1 aromatic rings. The first-order chi connectivity index (χ1) is 6.69. The predicted molar refractivity (Wildman–Crippen MR) is 56.0 cm³/mol. The highest BCUT2D eigenvalue weighted by atomic mass is 35.5. The molecule has 0 aliphatic carbocycles. The van der Waals surface area contributed by atoms with E-state index in [1.807, 2.05) is 31.2 Å². The minimum atomic E-state index is -0.262. The van der Waals surface area contributed by atoms with Crippen LogP contribution in [-0.4, -0.2) is 17.7 Å². The van der Waals surface area contributed by atoms with E-state index in [-0.39, 0.29) is 11.4 Å². The number of nitrogens with one attached hydrogen (secondary N) is 1. The highest BCUT2D eigenvalue weighted by Crippen LogP contribution is 2.22. The molecular formula is C10H14ClNO2. The fourth-order valence-corrected chi connectivity index (χ4v) is 1.46. The van der Waals surface area contributed by atoms with Crippen molar-refractivity contribution in [1.82, 2.24) is 5.48 Å². The lowest BCUT2D eigenvalue weighted by atomic mass is 10.1. The van der Waals surface area contributed by atoms with Crippen molar-refractivity contribution in [3.8, 4) is 5.75 Å². The van der Waals surface area contributed by atoms with Crippen molar-refractivity contribution in [2.75, 3.05) is 7.11 Å². The third-order valence-corrected chi connectivity index (χ3v) is 2.33. The van der Waals surface area contributed by atoms with Crippen LogP contribution in [0.5, 0.6) is 5.75 Å². The molecule has 0 bridgehead atoms. The predicted octanol–water partition coefficient (Wildman–Crippen LogP) is 2.34. The van der Waals surface area contributed by atoms with Gasteiger partial charge in [0.25, 0.3) is 0 Å². The van der Waals surface area contributed by atoms with Gasteiger partial charge in [0.05, 0.1) is 18.5 Å². The summed E-state index contributed by atoms with van der Waals surface area (Å²) in [5.74, 6) is 0.785. The minimum absolute atomic E-state index is 0.187. The van der Waals surface area contributed by atoms with Crippen LogP contribution in [0.25, 0.3) is 0 Å². The lowest BCUT2D eigenvalue weighted by Crippen LogP contribution is -2.24. The molecule has 3 nitrogen and oxygen atoms in total. The van der Waals surface area contributed by atoms with Gasteiger partial charge in [0, 0.05) is 0 Å². The van der Waals surface area contributed by atoms with Crippen molar-refractivity contribution in [2.45, 2.75) is 18.3 Å². The number of hydroxylamine groups is 1. The molecular weight excluding hydrogens is 202 g/mol. The van der Waals surface area contributed by atoms with Crippen LogP contribution in [0.2, 0.25) is 0 Å². The second kappa shape index (κ2) is 5.20. The Morgan fingerprint density at radius 2 is 1.93 bits per heavy atom. The topological polar surface area (TPSA) is 41.5 Å². The number of rotatable bonds is 4. The molecule has 1 rings (SSSR count). The van der Waals surface area contributed by atoms with E-state index in [0.29, 0.717) is 0 Å². The molecule has 0 fully saturated rings. The maximum atomic E-state index is 8.91. The summed E-state index contributed by atoms with van der Waals surface area (Å²) in [5.41, 5.74) is 3.11. The van der Waals surface area contributed by atoms with Crippen LogP contribution in [0.3, 0.4) is 0 Å². The van der Waals surface area contributed by atoms with Gasteiger partial charge in [-0.1, -0.05) is 12.1 Å². The molecule has 0 aliphatic rings. The zero-order valence-electron chi connectivity index (χ0n) is 8.20. The van der Waals surface area contributed by atoms with Crippen LogP contribution in [-0.2, 0) is 0 Å². The van der Waals surface area contributed by atoms with Crippen molar-refractivity contribution in [1.29, 1.82) is 0 Å². The first-order valence-corrected chi connectivity index (χ1v) is 4.80. The Morgan fingerprint density at radius 3 is 2.29 bits per heavy atom. The highest BCUT2D eigenvalue weighted by Gasteiger charge is 2.15. The second-order valence-corrected chi connectivity index (χ2v) is 3.75. The zero-order valence-corrected chi connectivity index (χ0v) is 8.95. The standard InChI is InChI=1S/C10H14ClNO2/c1-7(11)10(12-13)8-3-5-9(14-2)6-4-8/h3-7,10,12-13H,1-2H3. The Labute approximate surface area is 88.6 Å². The van der Waals surface area contributed by atoms with Crippen molar-refractivity contribution in [3.63, 3.8) is 0 Å². The molecule has 0 radical (unpaired) electrons. The lowest BCUT2D eigenvalue weighted by molar-refractivity contribution is 0.125. The summed E-state index contributed by atoms with van der Waals surface area (Å²) >= 11 is 5.90. The fraction of sp³-hybridized carbons (Fsp3) is 0.400. The van der Waals surface area contributed by atoms with Crippen LogP contribution in [0.15, 0.2) is 24.3 Å². The molecule has 0 saturated heterocycles. The van der Waals surface area contributed by atoms with Gasteiger partial charge in [-0.15, -0.1) is 11.6 Å². The van der Waals surface area contributed by atoms with Gasteiger partial charge in [-0.05, 0) is 24.6 Å². The monoisotopic (exact) mass is 215 g/mol. The number of methoxy groups -OCH3 is 1. The third kappa shape index (κ3) is 2.61. The molecule has 0 amide bonds. The summed E-state index contributed by atoms with van der Waals surface area (Å²) in [5, 5.41) is 8.72. The molecule has 0 aromatic heterocycles. The van der Waals surface area contributed by atoms with E-state index >= 15 is 0 Å². The van der Waals surface area contributed by atoms with Crippen LogP contribution in [0.4, 0.5) is 0 Å². The number of hydrogen-bond donors (Lipinski definition) is 2. The Kier molecular flexibility index (Phi) is 4.20. The molecule has 2 unspecified atom stereocenters. The third-order valence-electron chi connectivity index (χ3n) is 2.07. The Bertz CT molecular complexity index is 274. The zero-order chi connectivity index (χ0) is 10.6. The van der Waals surface area contributed by atoms with Gasteiger partial charge in [-0.3, -0.25) is 0 Å². The van der Waals surface area contributed by atoms with Gasteiger partial charge in [0.2, 0.25) is 0 Å². The van der Waals surface area contributed by atoms with Gasteiger partial charge in [-0.2, -0.15) is 5.48 Å². The van der Waals surface area contributed by atoms with Gasteiger partial charge in [-0.25, -0.2) is 0 Å². The smallest absolute Gasteiger partial charge is 0.118 e. The lowest BCUT2D eigenvalue weighted by Gasteiger charge is -2.17. The molecule has 14 heavy (non-hydrogen) atoms. The SMILES string of the molecule is COc1ccc(C(NO)C(C)Cl)cc1. The summed E-state index contributed by atoms with van der Waals surface area (Å²) in [7, 11) is 1.61. The van der Waals surface area contributed by atoms with Gasteiger partial charge < -0.3 is 9.94 Å². The number of hydrogen-bond acceptors (Lipinski definition) is 3. The molecule has 78 valence electrons. The van der Waals surface area contributed by atoms with E-state index in [0.717, 1.165) is 11.3 Å². The summed E-state index contributed by atoms with van der Waals surface area (Å²) in [6, 6.07) is 7.14. The maximum Gasteiger partial charge on any atom is 0.118 e. The van der Waals surface area contributed by atoms with Gasteiger partial charge in [0.15, 0.2) is 0 Å². The summed E-state index contributed by atoms with van der Waals surface area (Å²) in [4.78, 5) is 0. The molecule has 0 spiro atoms. The first-order valence-electron chi connectivity index (χ1n) is 4.36. The van der Waals surface area contributed by atoms with Crippen molar-refractivity contribution >= 4 is 11.6 Å². The van der Waals surface area contributed by atoms with Crippen molar-refractivity contribution in [2.24, 2.45) is 0 Å². The molecule has 0 heterocycles. The Hall–Kier alpha value is -0.770. The van der Waals surface area contributed by atoms with E-state index in [4.69, 9.17) is 21.5 Å². The number of alkyl halides is 1. The molecule has 4 heteroatoms. The summed E-state index contributed by atoms with van der Waals surface area (Å²) in [6.07, 6.45) is 0. The average molecular weight is 216 g/mol. The minimum Gasteiger partial charge on any atom is -0.497 e. The van der Waals surface area contributed by atoms with Crippen molar-refractivity contribution < 1.29 is 9.94 Å². The Morgan fingerprint density at radius 1 is 1.36 bits per heavy atom. The summed E-state index contributed by atoms with van der Waals surface area (Å²) in [6.45, 7) is 1.82. The van der Waals surface area contributed by atoms with E-state index in [9.17, 15) is 0 Å². The summed E-state index contributed by atoms with van der Waals surface area (Å²) < 4.78 is 5.03. The normalized spacial score (nSPS) is 14.9. The number of benzene rings is 1. The molecule has 1 aromatic carbocycles. The van der Waals surface area contributed by atoms with Crippen molar-refractivity contribution in [3.05, 3.63) is 29.8 Å². The Balaban J connectivity index is 2.84. The molecule has 2 atom stereocenters. The highest BCUT2D eigenvalue weighted by molar-refractivity contribution is 6.20. The maximum absolute atomic E-state index is 8.91. The number of ether oxygens (including phenoxy) is 1. The van der Waals surface area contributed by atoms with Crippen LogP contribution < -0.4 is 10.2 Å². The van der Waals surface area contributed by atoms with E-state index in [2.05, 4.69) is 5.48 Å².